The molecule has 1 aromatic carbocycles. The number of aromatic nitrogens is 3. The highest BCUT2D eigenvalue weighted by atomic mass is 16.5. The number of aryl methyl sites for hydroxylation is 5. The molecule has 0 aliphatic carbocycles. The molecule has 0 saturated heterocycles. The lowest BCUT2D eigenvalue weighted by Gasteiger charge is -2.12. The van der Waals surface area contributed by atoms with Gasteiger partial charge in [0.25, 0.3) is 0 Å². The van der Waals surface area contributed by atoms with Crippen LogP contribution in [0.1, 0.15) is 53.4 Å². The molecule has 4 heteroatoms. The molecule has 0 N–H and O–H groups in total. The monoisotopic (exact) mass is 349 g/mol. The van der Waals surface area contributed by atoms with E-state index in [1.165, 1.54) is 27.8 Å². The quantitative estimate of drug-likeness (QED) is 0.665. The zero-order chi connectivity index (χ0) is 18.6. The number of rotatable bonds is 3. The summed E-state index contributed by atoms with van der Waals surface area (Å²) in [6.45, 7) is 12.9. The third kappa shape index (κ3) is 2.51. The van der Waals surface area contributed by atoms with Gasteiger partial charge in [-0.3, -0.25) is 0 Å². The Hall–Kier alpha value is -2.36. The van der Waals surface area contributed by atoms with Crippen molar-refractivity contribution >= 4 is 5.65 Å². The lowest BCUT2D eigenvalue weighted by atomic mass is 9.94. The standard InChI is InChI=1S/C22H27N3O/c1-7-8-17-11-18-15(5)23-21-20(16(6)24-25(21)22(18)26-17)19-13(3)9-12(2)10-14(19)4/h9-10,17H,7-8,11H2,1-6H3. The Morgan fingerprint density at radius 1 is 1.04 bits per heavy atom. The molecule has 0 amide bonds. The van der Waals surface area contributed by atoms with Crippen LogP contribution in [-0.4, -0.2) is 20.7 Å². The zero-order valence-corrected chi connectivity index (χ0v) is 16.6. The van der Waals surface area contributed by atoms with Crippen molar-refractivity contribution in [1.29, 1.82) is 0 Å². The first kappa shape index (κ1) is 17.1. The summed E-state index contributed by atoms with van der Waals surface area (Å²) in [7, 11) is 0. The molecule has 1 unspecified atom stereocenters. The van der Waals surface area contributed by atoms with Crippen LogP contribution >= 0.6 is 0 Å². The van der Waals surface area contributed by atoms with Crippen molar-refractivity contribution in [1.82, 2.24) is 14.6 Å². The normalized spacial score (nSPS) is 16.2. The van der Waals surface area contributed by atoms with Crippen molar-refractivity contribution in [3.05, 3.63) is 45.8 Å². The fraction of sp³-hybridized carbons (Fsp3) is 0.455. The summed E-state index contributed by atoms with van der Waals surface area (Å²) >= 11 is 0. The van der Waals surface area contributed by atoms with Gasteiger partial charge in [0.15, 0.2) is 5.65 Å². The van der Waals surface area contributed by atoms with Gasteiger partial charge in [0.2, 0.25) is 5.88 Å². The summed E-state index contributed by atoms with van der Waals surface area (Å²) in [4.78, 5) is 4.96. The van der Waals surface area contributed by atoms with Gasteiger partial charge in [-0.25, -0.2) is 4.98 Å². The minimum absolute atomic E-state index is 0.247. The van der Waals surface area contributed by atoms with Gasteiger partial charge in [0.1, 0.15) is 6.10 Å². The second-order valence-electron chi connectivity index (χ2n) is 7.68. The Kier molecular flexibility index (Phi) is 4.02. The minimum Gasteiger partial charge on any atom is -0.474 e. The molecule has 136 valence electrons. The van der Waals surface area contributed by atoms with Crippen molar-refractivity contribution in [2.24, 2.45) is 0 Å². The lowest BCUT2D eigenvalue weighted by molar-refractivity contribution is 0.209. The van der Waals surface area contributed by atoms with E-state index in [0.29, 0.717) is 0 Å². The van der Waals surface area contributed by atoms with E-state index in [9.17, 15) is 0 Å². The van der Waals surface area contributed by atoms with Gasteiger partial charge in [0, 0.05) is 17.7 Å². The van der Waals surface area contributed by atoms with E-state index in [0.717, 1.165) is 47.7 Å². The Bertz CT molecular complexity index is 993. The Morgan fingerprint density at radius 2 is 1.73 bits per heavy atom. The molecule has 1 aliphatic heterocycles. The number of hydrogen-bond donors (Lipinski definition) is 0. The number of hydrogen-bond acceptors (Lipinski definition) is 3. The summed E-state index contributed by atoms with van der Waals surface area (Å²) < 4.78 is 8.22. The number of benzene rings is 1. The number of nitrogens with zero attached hydrogens (tertiary/aromatic N) is 3. The molecule has 2 aromatic heterocycles. The lowest BCUT2D eigenvalue weighted by Crippen LogP contribution is -2.12. The Labute approximate surface area is 155 Å². The highest BCUT2D eigenvalue weighted by molar-refractivity contribution is 5.84. The van der Waals surface area contributed by atoms with E-state index in [-0.39, 0.29) is 6.10 Å². The summed E-state index contributed by atoms with van der Waals surface area (Å²) in [6, 6.07) is 4.47. The van der Waals surface area contributed by atoms with Gasteiger partial charge in [-0.05, 0) is 57.7 Å². The van der Waals surface area contributed by atoms with Gasteiger partial charge in [-0.15, -0.1) is 0 Å². The fourth-order valence-electron chi connectivity index (χ4n) is 4.40. The summed E-state index contributed by atoms with van der Waals surface area (Å²) in [5.41, 5.74) is 10.4. The van der Waals surface area contributed by atoms with Gasteiger partial charge < -0.3 is 4.74 Å². The molecule has 26 heavy (non-hydrogen) atoms. The molecule has 3 heterocycles. The zero-order valence-electron chi connectivity index (χ0n) is 16.6. The first-order valence-electron chi connectivity index (χ1n) is 9.54. The van der Waals surface area contributed by atoms with Crippen LogP contribution in [0.25, 0.3) is 16.8 Å². The van der Waals surface area contributed by atoms with Crippen LogP contribution in [0.5, 0.6) is 5.88 Å². The van der Waals surface area contributed by atoms with E-state index in [2.05, 4.69) is 53.7 Å². The smallest absolute Gasteiger partial charge is 0.222 e. The van der Waals surface area contributed by atoms with Gasteiger partial charge in [-0.2, -0.15) is 9.61 Å². The topological polar surface area (TPSA) is 39.4 Å². The SMILES string of the molecule is CCCC1Cc2c(C)nc3c(-c4c(C)cc(C)cc4C)c(C)nn3c2O1. The van der Waals surface area contributed by atoms with E-state index in [1.54, 1.807) is 0 Å². The molecule has 0 bridgehead atoms. The number of fused-ring (bicyclic) bond motifs is 3. The molecule has 4 nitrogen and oxygen atoms in total. The highest BCUT2D eigenvalue weighted by Gasteiger charge is 2.30. The summed E-state index contributed by atoms with van der Waals surface area (Å²) in [6.07, 6.45) is 3.38. The molecule has 4 rings (SSSR count). The molecular formula is C22H27N3O. The molecule has 1 aliphatic rings. The second kappa shape index (κ2) is 6.11. The first-order valence-corrected chi connectivity index (χ1v) is 9.54. The first-order chi connectivity index (χ1) is 12.4. The Balaban J connectivity index is 1.97. The van der Waals surface area contributed by atoms with E-state index >= 15 is 0 Å². The van der Waals surface area contributed by atoms with Crippen molar-refractivity contribution in [2.45, 2.75) is 66.9 Å². The van der Waals surface area contributed by atoms with Crippen LogP contribution in [0.3, 0.4) is 0 Å². The molecular weight excluding hydrogens is 322 g/mol. The molecule has 3 aromatic rings. The van der Waals surface area contributed by atoms with Crippen molar-refractivity contribution in [3.8, 4) is 17.0 Å². The molecule has 0 saturated carbocycles. The third-order valence-corrected chi connectivity index (χ3v) is 5.44. The van der Waals surface area contributed by atoms with Gasteiger partial charge in [-0.1, -0.05) is 31.0 Å². The maximum atomic E-state index is 6.29. The van der Waals surface area contributed by atoms with E-state index < -0.39 is 0 Å². The molecule has 0 radical (unpaired) electrons. The average Bonchev–Trinajstić information content (AvgIpc) is 3.10. The van der Waals surface area contributed by atoms with E-state index in [1.807, 2.05) is 4.52 Å². The van der Waals surface area contributed by atoms with Crippen LogP contribution < -0.4 is 4.74 Å². The largest absolute Gasteiger partial charge is 0.474 e. The summed E-state index contributed by atoms with van der Waals surface area (Å²) in [5.74, 6) is 0.891. The van der Waals surface area contributed by atoms with Crippen molar-refractivity contribution in [3.63, 3.8) is 0 Å². The van der Waals surface area contributed by atoms with Crippen LogP contribution in [0, 0.1) is 34.6 Å². The van der Waals surface area contributed by atoms with Gasteiger partial charge in [0.05, 0.1) is 11.3 Å². The number of ether oxygens (including phenoxy) is 1. The average molecular weight is 349 g/mol. The van der Waals surface area contributed by atoms with Crippen LogP contribution in [0.15, 0.2) is 12.1 Å². The minimum atomic E-state index is 0.247. The third-order valence-electron chi connectivity index (χ3n) is 5.44. The predicted octanol–water partition coefficient (Wildman–Crippen LogP) is 5.04. The van der Waals surface area contributed by atoms with Crippen LogP contribution in [-0.2, 0) is 6.42 Å². The Morgan fingerprint density at radius 3 is 2.38 bits per heavy atom. The van der Waals surface area contributed by atoms with Crippen LogP contribution in [0.4, 0.5) is 0 Å². The highest BCUT2D eigenvalue weighted by Crippen LogP contribution is 2.38. The molecule has 0 spiro atoms. The van der Waals surface area contributed by atoms with Crippen LogP contribution in [0.2, 0.25) is 0 Å². The van der Waals surface area contributed by atoms with Crippen molar-refractivity contribution in [2.75, 3.05) is 0 Å². The molecule has 0 fully saturated rings. The summed E-state index contributed by atoms with van der Waals surface area (Å²) in [5, 5.41) is 4.83. The molecule has 1 atom stereocenters. The maximum absolute atomic E-state index is 6.29. The second-order valence-corrected chi connectivity index (χ2v) is 7.68. The fourth-order valence-corrected chi connectivity index (χ4v) is 4.40. The van der Waals surface area contributed by atoms with Crippen molar-refractivity contribution < 1.29 is 4.74 Å². The van der Waals surface area contributed by atoms with Gasteiger partial charge >= 0.3 is 0 Å². The van der Waals surface area contributed by atoms with E-state index in [4.69, 9.17) is 14.8 Å². The predicted molar refractivity (Wildman–Crippen MR) is 105 cm³/mol. The maximum Gasteiger partial charge on any atom is 0.222 e.